The molecule has 0 radical (unpaired) electrons. The highest BCUT2D eigenvalue weighted by molar-refractivity contribution is 6.30. The van der Waals surface area contributed by atoms with Crippen molar-refractivity contribution < 1.29 is 14.3 Å². The fourth-order valence-corrected chi connectivity index (χ4v) is 2.76. The summed E-state index contributed by atoms with van der Waals surface area (Å²) < 4.78 is 5.62. The van der Waals surface area contributed by atoms with Gasteiger partial charge in [-0.05, 0) is 55.0 Å². The molecule has 1 atom stereocenters. The van der Waals surface area contributed by atoms with E-state index in [0.29, 0.717) is 28.6 Å². The Hall–Kier alpha value is -3.31. The van der Waals surface area contributed by atoms with Crippen molar-refractivity contribution in [1.29, 1.82) is 0 Å². The van der Waals surface area contributed by atoms with Crippen molar-refractivity contribution in [3.05, 3.63) is 95.0 Å². The average molecular weight is 409 g/mol. The van der Waals surface area contributed by atoms with Gasteiger partial charge in [0.05, 0.1) is 0 Å². The first-order chi connectivity index (χ1) is 14.0. The van der Waals surface area contributed by atoms with Gasteiger partial charge in [0.25, 0.3) is 11.8 Å². The fraction of sp³-hybridized carbons (Fsp3) is 0.130. The van der Waals surface area contributed by atoms with Gasteiger partial charge in [0.2, 0.25) is 0 Å². The van der Waals surface area contributed by atoms with Gasteiger partial charge >= 0.3 is 0 Å². The fourth-order valence-electron chi connectivity index (χ4n) is 2.63. The highest BCUT2D eigenvalue weighted by Gasteiger charge is 2.15. The lowest BCUT2D eigenvalue weighted by atomic mass is 10.1. The van der Waals surface area contributed by atoms with Crippen molar-refractivity contribution in [2.45, 2.75) is 19.6 Å². The van der Waals surface area contributed by atoms with Gasteiger partial charge in [-0.3, -0.25) is 9.59 Å². The SMILES string of the molecule is CC(Oc1ccc(Cl)cc1)C(=O)Nc1cccc(C(=O)NCc2ccccc2)c1. The molecule has 3 rings (SSSR count). The second-order valence-electron chi connectivity index (χ2n) is 6.45. The van der Waals surface area contributed by atoms with E-state index in [1.54, 1.807) is 55.5 Å². The summed E-state index contributed by atoms with van der Waals surface area (Å²) in [7, 11) is 0. The lowest BCUT2D eigenvalue weighted by Gasteiger charge is -2.15. The molecule has 3 aromatic rings. The van der Waals surface area contributed by atoms with Crippen LogP contribution in [0.4, 0.5) is 5.69 Å². The normalized spacial score (nSPS) is 11.4. The van der Waals surface area contributed by atoms with Crippen LogP contribution in [-0.2, 0) is 11.3 Å². The molecule has 1 unspecified atom stereocenters. The Morgan fingerprint density at radius 2 is 1.69 bits per heavy atom. The van der Waals surface area contributed by atoms with E-state index in [1.807, 2.05) is 30.3 Å². The molecule has 0 bridgehead atoms. The maximum Gasteiger partial charge on any atom is 0.265 e. The van der Waals surface area contributed by atoms with Gasteiger partial charge in [0, 0.05) is 22.8 Å². The zero-order valence-electron chi connectivity index (χ0n) is 15.9. The summed E-state index contributed by atoms with van der Waals surface area (Å²) in [5, 5.41) is 6.24. The number of rotatable bonds is 7. The molecule has 0 saturated heterocycles. The van der Waals surface area contributed by atoms with E-state index in [4.69, 9.17) is 16.3 Å². The molecule has 2 N–H and O–H groups in total. The van der Waals surface area contributed by atoms with Gasteiger partial charge < -0.3 is 15.4 Å². The van der Waals surface area contributed by atoms with Crippen molar-refractivity contribution in [2.75, 3.05) is 5.32 Å². The van der Waals surface area contributed by atoms with Crippen LogP contribution in [0.3, 0.4) is 0 Å². The number of halogens is 1. The molecule has 5 nitrogen and oxygen atoms in total. The molecule has 3 aromatic carbocycles. The molecular formula is C23H21ClN2O3. The van der Waals surface area contributed by atoms with E-state index < -0.39 is 6.10 Å². The summed E-state index contributed by atoms with van der Waals surface area (Å²) in [4.78, 5) is 24.8. The van der Waals surface area contributed by atoms with Crippen LogP contribution >= 0.6 is 11.6 Å². The monoisotopic (exact) mass is 408 g/mol. The first-order valence-corrected chi connectivity index (χ1v) is 9.54. The summed E-state index contributed by atoms with van der Waals surface area (Å²) in [6, 6.07) is 23.2. The third-order valence-corrected chi connectivity index (χ3v) is 4.44. The number of hydrogen-bond donors (Lipinski definition) is 2. The topological polar surface area (TPSA) is 67.4 Å². The Bertz CT molecular complexity index is 975. The van der Waals surface area contributed by atoms with Crippen LogP contribution < -0.4 is 15.4 Å². The third-order valence-electron chi connectivity index (χ3n) is 4.18. The second-order valence-corrected chi connectivity index (χ2v) is 6.89. The van der Waals surface area contributed by atoms with Crippen LogP contribution in [-0.4, -0.2) is 17.9 Å². The van der Waals surface area contributed by atoms with E-state index in [2.05, 4.69) is 10.6 Å². The van der Waals surface area contributed by atoms with Crippen LogP contribution in [0.1, 0.15) is 22.8 Å². The molecule has 6 heteroatoms. The number of amides is 2. The minimum atomic E-state index is -0.716. The Balaban J connectivity index is 1.57. The number of benzene rings is 3. The van der Waals surface area contributed by atoms with E-state index in [0.717, 1.165) is 5.56 Å². The van der Waals surface area contributed by atoms with E-state index in [1.165, 1.54) is 0 Å². The Kier molecular flexibility index (Phi) is 6.87. The molecule has 0 heterocycles. The van der Waals surface area contributed by atoms with Crippen molar-refractivity contribution >= 4 is 29.1 Å². The predicted octanol–water partition coefficient (Wildman–Crippen LogP) is 4.68. The van der Waals surface area contributed by atoms with Gasteiger partial charge in [0.1, 0.15) is 5.75 Å². The van der Waals surface area contributed by atoms with Crippen molar-refractivity contribution in [2.24, 2.45) is 0 Å². The van der Waals surface area contributed by atoms with Crippen molar-refractivity contribution in [3.8, 4) is 5.75 Å². The molecule has 0 aromatic heterocycles. The van der Waals surface area contributed by atoms with Gasteiger partial charge in [-0.15, -0.1) is 0 Å². The molecule has 29 heavy (non-hydrogen) atoms. The van der Waals surface area contributed by atoms with Gasteiger partial charge in [-0.2, -0.15) is 0 Å². The van der Waals surface area contributed by atoms with Gasteiger partial charge in [0.15, 0.2) is 6.10 Å². The standard InChI is InChI=1S/C23H21ClN2O3/c1-16(29-21-12-10-19(24)11-13-21)22(27)26-20-9-5-8-18(14-20)23(28)25-15-17-6-3-2-4-7-17/h2-14,16H,15H2,1H3,(H,25,28)(H,26,27). The molecule has 2 amide bonds. The summed E-state index contributed by atoms with van der Waals surface area (Å²) in [6.45, 7) is 2.09. The van der Waals surface area contributed by atoms with Crippen LogP contribution in [0, 0.1) is 0 Å². The number of carbonyl (C=O) groups is 2. The van der Waals surface area contributed by atoms with Gasteiger partial charge in [-0.25, -0.2) is 0 Å². The quantitative estimate of drug-likeness (QED) is 0.596. The number of anilines is 1. The Morgan fingerprint density at radius 3 is 2.41 bits per heavy atom. The van der Waals surface area contributed by atoms with E-state index in [-0.39, 0.29) is 11.8 Å². The molecular weight excluding hydrogens is 388 g/mol. The maximum absolute atomic E-state index is 12.4. The average Bonchev–Trinajstić information content (AvgIpc) is 2.74. The van der Waals surface area contributed by atoms with Crippen molar-refractivity contribution in [3.63, 3.8) is 0 Å². The van der Waals surface area contributed by atoms with Gasteiger partial charge in [-0.1, -0.05) is 48.0 Å². The summed E-state index contributed by atoms with van der Waals surface area (Å²) in [5.41, 5.74) is 2.00. The first kappa shape index (κ1) is 20.4. The third kappa shape index (κ3) is 6.09. The summed E-state index contributed by atoms with van der Waals surface area (Å²) >= 11 is 5.85. The minimum absolute atomic E-state index is 0.213. The lowest BCUT2D eigenvalue weighted by molar-refractivity contribution is -0.122. The van der Waals surface area contributed by atoms with E-state index >= 15 is 0 Å². The molecule has 0 aliphatic heterocycles. The first-order valence-electron chi connectivity index (χ1n) is 9.16. The highest BCUT2D eigenvalue weighted by Crippen LogP contribution is 2.18. The van der Waals surface area contributed by atoms with Crippen LogP contribution in [0.2, 0.25) is 5.02 Å². The van der Waals surface area contributed by atoms with Crippen LogP contribution in [0.5, 0.6) is 5.75 Å². The number of hydrogen-bond acceptors (Lipinski definition) is 3. The zero-order chi connectivity index (χ0) is 20.6. The summed E-state index contributed by atoms with van der Waals surface area (Å²) in [5.74, 6) is 0.0169. The Morgan fingerprint density at radius 1 is 0.966 bits per heavy atom. The molecule has 0 aliphatic rings. The second kappa shape index (κ2) is 9.75. The maximum atomic E-state index is 12.4. The van der Waals surface area contributed by atoms with Crippen molar-refractivity contribution in [1.82, 2.24) is 5.32 Å². The molecule has 0 fully saturated rings. The Labute approximate surface area is 174 Å². The van der Waals surface area contributed by atoms with Crippen LogP contribution in [0.15, 0.2) is 78.9 Å². The zero-order valence-corrected chi connectivity index (χ0v) is 16.6. The molecule has 0 spiro atoms. The predicted molar refractivity (Wildman–Crippen MR) is 114 cm³/mol. The highest BCUT2D eigenvalue weighted by atomic mass is 35.5. The van der Waals surface area contributed by atoms with E-state index in [9.17, 15) is 9.59 Å². The molecule has 0 saturated carbocycles. The number of nitrogens with one attached hydrogen (secondary N) is 2. The minimum Gasteiger partial charge on any atom is -0.481 e. The molecule has 148 valence electrons. The number of carbonyl (C=O) groups excluding carboxylic acids is 2. The van der Waals surface area contributed by atoms with Crippen LogP contribution in [0.25, 0.3) is 0 Å². The smallest absolute Gasteiger partial charge is 0.265 e. The lowest BCUT2D eigenvalue weighted by Crippen LogP contribution is -2.30. The largest absolute Gasteiger partial charge is 0.481 e. The summed E-state index contributed by atoms with van der Waals surface area (Å²) in [6.07, 6.45) is -0.716. The number of ether oxygens (including phenoxy) is 1. The molecule has 0 aliphatic carbocycles.